The van der Waals surface area contributed by atoms with Gasteiger partial charge in [0.05, 0.1) is 30.6 Å². The molecule has 0 atom stereocenters. The highest BCUT2D eigenvalue weighted by Crippen LogP contribution is 2.28. The Kier molecular flexibility index (Phi) is 7.91. The SMILES string of the molecule is C/C=C/C(=Nc1cccc(C)c1C)c1cc(NC(=O)c2cc(OC)cc(OC)c2)ccc1Cl. The van der Waals surface area contributed by atoms with Crippen LogP contribution in [0.25, 0.3) is 0 Å². The predicted octanol–water partition coefficient (Wildman–Crippen LogP) is 6.92. The number of rotatable bonds is 7. The van der Waals surface area contributed by atoms with Crippen LogP contribution in [-0.2, 0) is 0 Å². The molecule has 0 heterocycles. The highest BCUT2D eigenvalue weighted by atomic mass is 35.5. The van der Waals surface area contributed by atoms with E-state index < -0.39 is 0 Å². The highest BCUT2D eigenvalue weighted by Gasteiger charge is 2.13. The van der Waals surface area contributed by atoms with Crippen molar-refractivity contribution in [2.45, 2.75) is 20.8 Å². The van der Waals surface area contributed by atoms with Gasteiger partial charge in [-0.15, -0.1) is 0 Å². The Morgan fingerprint density at radius 1 is 1.00 bits per heavy atom. The average molecular weight is 463 g/mol. The fraction of sp³-hybridized carbons (Fsp3) is 0.185. The van der Waals surface area contributed by atoms with Crippen LogP contribution in [0.3, 0.4) is 0 Å². The maximum absolute atomic E-state index is 12.9. The minimum absolute atomic E-state index is 0.292. The summed E-state index contributed by atoms with van der Waals surface area (Å²) in [7, 11) is 3.08. The van der Waals surface area contributed by atoms with Crippen LogP contribution in [0.1, 0.15) is 34.0 Å². The number of anilines is 1. The number of halogens is 1. The van der Waals surface area contributed by atoms with E-state index in [0.29, 0.717) is 33.5 Å². The molecule has 1 amide bonds. The molecule has 0 bridgehead atoms. The third kappa shape index (κ3) is 5.82. The van der Waals surface area contributed by atoms with Crippen molar-refractivity contribution >= 4 is 34.6 Å². The van der Waals surface area contributed by atoms with Crippen molar-refractivity contribution in [3.05, 3.63) is 94.0 Å². The zero-order valence-electron chi connectivity index (χ0n) is 19.4. The second-order valence-electron chi connectivity index (χ2n) is 7.47. The Balaban J connectivity index is 1.98. The number of carbonyl (C=O) groups is 1. The van der Waals surface area contributed by atoms with Gasteiger partial charge in [-0.1, -0.05) is 29.8 Å². The predicted molar refractivity (Wildman–Crippen MR) is 136 cm³/mol. The third-order valence-corrected chi connectivity index (χ3v) is 5.58. The van der Waals surface area contributed by atoms with Gasteiger partial charge in [-0.3, -0.25) is 4.79 Å². The number of carbonyl (C=O) groups excluding carboxylic acids is 1. The topological polar surface area (TPSA) is 59.9 Å². The third-order valence-electron chi connectivity index (χ3n) is 5.26. The Labute approximate surface area is 199 Å². The number of nitrogens with zero attached hydrogens (tertiary/aromatic N) is 1. The molecule has 0 spiro atoms. The maximum atomic E-state index is 12.9. The van der Waals surface area contributed by atoms with E-state index in [1.807, 2.05) is 44.2 Å². The summed E-state index contributed by atoms with van der Waals surface area (Å²) in [5, 5.41) is 3.46. The Bertz CT molecular complexity index is 1210. The molecule has 5 nitrogen and oxygen atoms in total. The van der Waals surface area contributed by atoms with E-state index in [0.717, 1.165) is 22.4 Å². The Hall–Kier alpha value is -3.57. The minimum Gasteiger partial charge on any atom is -0.497 e. The number of methoxy groups -OCH3 is 2. The van der Waals surface area contributed by atoms with Crippen LogP contribution in [0.15, 0.2) is 71.7 Å². The summed E-state index contributed by atoms with van der Waals surface area (Å²) < 4.78 is 10.5. The molecule has 33 heavy (non-hydrogen) atoms. The first-order chi connectivity index (χ1) is 15.9. The molecule has 0 fully saturated rings. The molecule has 0 aromatic heterocycles. The minimum atomic E-state index is -0.292. The number of ether oxygens (including phenoxy) is 2. The van der Waals surface area contributed by atoms with E-state index >= 15 is 0 Å². The van der Waals surface area contributed by atoms with Gasteiger partial charge < -0.3 is 14.8 Å². The van der Waals surface area contributed by atoms with E-state index in [1.165, 1.54) is 0 Å². The monoisotopic (exact) mass is 462 g/mol. The molecule has 3 aromatic rings. The van der Waals surface area contributed by atoms with E-state index in [-0.39, 0.29) is 5.91 Å². The first kappa shape index (κ1) is 24.1. The summed E-state index contributed by atoms with van der Waals surface area (Å²) in [5.74, 6) is 0.777. The second kappa shape index (κ2) is 10.8. The summed E-state index contributed by atoms with van der Waals surface area (Å²) in [4.78, 5) is 17.8. The fourth-order valence-electron chi connectivity index (χ4n) is 3.27. The van der Waals surface area contributed by atoms with Crippen LogP contribution in [0.4, 0.5) is 11.4 Å². The molecule has 1 N–H and O–H groups in total. The van der Waals surface area contributed by atoms with Crippen LogP contribution < -0.4 is 14.8 Å². The molecule has 3 aromatic carbocycles. The molecule has 0 saturated carbocycles. The normalized spacial score (nSPS) is 11.5. The lowest BCUT2D eigenvalue weighted by Crippen LogP contribution is -2.13. The van der Waals surface area contributed by atoms with Crippen molar-refractivity contribution in [3.8, 4) is 11.5 Å². The lowest BCUT2D eigenvalue weighted by Gasteiger charge is -2.12. The molecule has 0 aliphatic rings. The van der Waals surface area contributed by atoms with Gasteiger partial charge >= 0.3 is 0 Å². The fourth-order valence-corrected chi connectivity index (χ4v) is 3.49. The van der Waals surface area contributed by atoms with Crippen molar-refractivity contribution < 1.29 is 14.3 Å². The van der Waals surface area contributed by atoms with Crippen molar-refractivity contribution in [2.24, 2.45) is 4.99 Å². The van der Waals surface area contributed by atoms with Crippen molar-refractivity contribution in [2.75, 3.05) is 19.5 Å². The van der Waals surface area contributed by atoms with Crippen LogP contribution in [0.5, 0.6) is 11.5 Å². The Morgan fingerprint density at radius 2 is 1.70 bits per heavy atom. The van der Waals surface area contributed by atoms with Gasteiger partial charge in [-0.2, -0.15) is 0 Å². The molecular formula is C27H27ClN2O3. The van der Waals surface area contributed by atoms with Gasteiger partial charge in [0.25, 0.3) is 5.91 Å². The first-order valence-corrected chi connectivity index (χ1v) is 10.9. The number of aliphatic imine (C=N–C) groups is 1. The quantitative estimate of drug-likeness (QED) is 0.387. The first-order valence-electron chi connectivity index (χ1n) is 10.5. The number of nitrogens with one attached hydrogen (secondary N) is 1. The standard InChI is InChI=1S/C27H27ClN2O3/c1-6-8-26(30-25-10-7-9-17(2)18(25)3)23-15-20(11-12-24(23)28)29-27(31)19-13-21(32-4)16-22(14-19)33-5/h6-16H,1-5H3,(H,29,31)/b8-6+,30-26?. The van der Waals surface area contributed by atoms with Gasteiger partial charge in [0.15, 0.2) is 0 Å². The molecule has 0 unspecified atom stereocenters. The summed E-state index contributed by atoms with van der Waals surface area (Å²) in [6.07, 6.45) is 3.82. The van der Waals surface area contributed by atoms with E-state index in [9.17, 15) is 4.79 Å². The van der Waals surface area contributed by atoms with Crippen LogP contribution in [0.2, 0.25) is 5.02 Å². The van der Waals surface area contributed by atoms with Gasteiger partial charge in [0, 0.05) is 22.9 Å². The van der Waals surface area contributed by atoms with Gasteiger partial charge in [-0.05, 0) is 74.4 Å². The van der Waals surface area contributed by atoms with Gasteiger partial charge in [0.2, 0.25) is 0 Å². The molecule has 170 valence electrons. The molecule has 3 rings (SSSR count). The Morgan fingerprint density at radius 3 is 2.33 bits per heavy atom. The summed E-state index contributed by atoms with van der Waals surface area (Å²) in [6.45, 7) is 6.02. The number of hydrogen-bond donors (Lipinski definition) is 1. The van der Waals surface area contributed by atoms with Crippen LogP contribution in [0, 0.1) is 13.8 Å². The van der Waals surface area contributed by atoms with Crippen molar-refractivity contribution in [1.82, 2.24) is 0 Å². The van der Waals surface area contributed by atoms with E-state index in [2.05, 4.69) is 18.3 Å². The maximum Gasteiger partial charge on any atom is 0.255 e. The van der Waals surface area contributed by atoms with Crippen molar-refractivity contribution in [1.29, 1.82) is 0 Å². The molecule has 0 radical (unpaired) electrons. The number of aryl methyl sites for hydroxylation is 1. The summed E-state index contributed by atoms with van der Waals surface area (Å²) in [5.41, 5.74) is 5.58. The molecule has 0 saturated heterocycles. The van der Waals surface area contributed by atoms with Gasteiger partial charge in [0.1, 0.15) is 11.5 Å². The molecular weight excluding hydrogens is 436 g/mol. The molecule has 0 aliphatic heterocycles. The summed E-state index contributed by atoms with van der Waals surface area (Å²) in [6, 6.07) is 16.4. The zero-order chi connectivity index (χ0) is 24.0. The smallest absolute Gasteiger partial charge is 0.255 e. The lowest BCUT2D eigenvalue weighted by atomic mass is 10.1. The molecule has 0 aliphatic carbocycles. The lowest BCUT2D eigenvalue weighted by molar-refractivity contribution is 0.102. The van der Waals surface area contributed by atoms with Gasteiger partial charge in [-0.25, -0.2) is 4.99 Å². The average Bonchev–Trinajstić information content (AvgIpc) is 2.82. The number of amides is 1. The van der Waals surface area contributed by atoms with E-state index in [4.69, 9.17) is 26.1 Å². The number of hydrogen-bond acceptors (Lipinski definition) is 4. The second-order valence-corrected chi connectivity index (χ2v) is 7.87. The largest absolute Gasteiger partial charge is 0.497 e. The summed E-state index contributed by atoms with van der Waals surface area (Å²) >= 11 is 6.54. The molecule has 6 heteroatoms. The van der Waals surface area contributed by atoms with Crippen LogP contribution in [-0.4, -0.2) is 25.8 Å². The van der Waals surface area contributed by atoms with Crippen molar-refractivity contribution in [3.63, 3.8) is 0 Å². The number of benzene rings is 3. The highest BCUT2D eigenvalue weighted by molar-refractivity contribution is 6.35. The van der Waals surface area contributed by atoms with Crippen LogP contribution >= 0.6 is 11.6 Å². The zero-order valence-corrected chi connectivity index (χ0v) is 20.2. The number of allylic oxidation sites excluding steroid dienone is 2. The van der Waals surface area contributed by atoms with E-state index in [1.54, 1.807) is 44.6 Å².